The van der Waals surface area contributed by atoms with Crippen molar-refractivity contribution in [2.24, 2.45) is 0 Å². The Kier molecular flexibility index (Phi) is 5.79. The van der Waals surface area contributed by atoms with Crippen LogP contribution in [0.3, 0.4) is 0 Å². The van der Waals surface area contributed by atoms with Crippen LogP contribution in [0.1, 0.15) is 16.2 Å². The van der Waals surface area contributed by atoms with Gasteiger partial charge in [-0.25, -0.2) is 4.79 Å². The number of aliphatic hydroxyl groups is 3. The molecule has 140 valence electrons. The number of hydrogen-bond acceptors (Lipinski definition) is 8. The summed E-state index contributed by atoms with van der Waals surface area (Å²) in [6, 6.07) is 7.48. The predicted molar refractivity (Wildman–Crippen MR) is 97.8 cm³/mol. The lowest BCUT2D eigenvalue weighted by molar-refractivity contribution is -0.166. The molecule has 6 nitrogen and oxygen atoms in total. The van der Waals surface area contributed by atoms with Crippen LogP contribution in [0, 0.1) is 0 Å². The maximum Gasteiger partial charge on any atom is 0.342 e. The molecule has 0 spiro atoms. The summed E-state index contributed by atoms with van der Waals surface area (Å²) in [5, 5.41) is 35.5. The smallest absolute Gasteiger partial charge is 0.342 e. The molecule has 0 fully saturated rings. The highest BCUT2D eigenvalue weighted by molar-refractivity contribution is 7.10. The van der Waals surface area contributed by atoms with Gasteiger partial charge in [-0.15, -0.1) is 22.7 Å². The minimum atomic E-state index is -2.05. The monoisotopic (exact) mass is 396 g/mol. The number of carbonyl (C=O) groups is 1. The maximum absolute atomic E-state index is 12.3. The quantitative estimate of drug-likeness (QED) is 0.645. The normalized spacial score (nSPS) is 26.0. The second-order valence-electron chi connectivity index (χ2n) is 6.04. The lowest BCUT2D eigenvalue weighted by Crippen LogP contribution is -2.53. The van der Waals surface area contributed by atoms with Gasteiger partial charge in [0.25, 0.3) is 0 Å². The summed E-state index contributed by atoms with van der Waals surface area (Å²) in [5.74, 6) is -0.856. The van der Waals surface area contributed by atoms with Gasteiger partial charge < -0.3 is 24.8 Å². The summed E-state index contributed by atoms with van der Waals surface area (Å²) >= 11 is 2.95. The third-order valence-electron chi connectivity index (χ3n) is 4.34. The van der Waals surface area contributed by atoms with Crippen LogP contribution in [0.2, 0.25) is 0 Å². The van der Waals surface area contributed by atoms with Gasteiger partial charge in [0.15, 0.2) is 5.60 Å². The van der Waals surface area contributed by atoms with E-state index in [4.69, 9.17) is 9.47 Å². The van der Waals surface area contributed by atoms with Crippen LogP contribution in [0.15, 0.2) is 46.4 Å². The third-order valence-corrected chi connectivity index (χ3v) is 6.06. The number of hydrogen-bond donors (Lipinski definition) is 3. The SMILES string of the molecule is COC(=O)[C@@]1(O)C[C@@H](O)[C@H](O)C(OCc2cccs2)=C1Cc1cccs1. The molecule has 0 saturated carbocycles. The van der Waals surface area contributed by atoms with Crippen LogP contribution in [0.5, 0.6) is 0 Å². The highest BCUT2D eigenvalue weighted by Crippen LogP contribution is 2.39. The molecule has 2 heterocycles. The van der Waals surface area contributed by atoms with Gasteiger partial charge in [-0.05, 0) is 22.9 Å². The largest absolute Gasteiger partial charge is 0.489 e. The zero-order valence-corrected chi connectivity index (χ0v) is 15.8. The van der Waals surface area contributed by atoms with Crippen LogP contribution in [-0.4, -0.2) is 46.2 Å². The van der Waals surface area contributed by atoms with Crippen LogP contribution in [-0.2, 0) is 27.3 Å². The number of thiophene rings is 2. The highest BCUT2D eigenvalue weighted by Gasteiger charge is 2.51. The van der Waals surface area contributed by atoms with Gasteiger partial charge in [-0.2, -0.15) is 0 Å². The number of aliphatic hydroxyl groups excluding tert-OH is 2. The number of carbonyl (C=O) groups excluding carboxylic acids is 1. The van der Waals surface area contributed by atoms with Crippen molar-refractivity contribution in [3.05, 3.63) is 56.1 Å². The van der Waals surface area contributed by atoms with Crippen molar-refractivity contribution in [3.8, 4) is 0 Å². The summed E-state index contributed by atoms with van der Waals surface area (Å²) in [5.41, 5.74) is -1.83. The lowest BCUT2D eigenvalue weighted by Gasteiger charge is -2.38. The molecule has 1 aliphatic carbocycles. The van der Waals surface area contributed by atoms with Crippen molar-refractivity contribution < 1.29 is 29.6 Å². The Bertz CT molecular complexity index is 768. The Hall–Kier alpha value is -1.71. The molecule has 2 aromatic heterocycles. The molecular weight excluding hydrogens is 376 g/mol. The van der Waals surface area contributed by atoms with Crippen molar-refractivity contribution in [2.45, 2.75) is 37.3 Å². The first-order valence-electron chi connectivity index (χ1n) is 8.03. The Labute approximate surface area is 158 Å². The fraction of sp³-hybridized carbons (Fsp3) is 0.389. The molecule has 0 aliphatic heterocycles. The van der Waals surface area contributed by atoms with E-state index in [9.17, 15) is 20.1 Å². The third kappa shape index (κ3) is 3.70. The first-order valence-corrected chi connectivity index (χ1v) is 9.79. The Morgan fingerprint density at radius 3 is 2.46 bits per heavy atom. The minimum absolute atomic E-state index is 0.0263. The van der Waals surface area contributed by atoms with Crippen molar-refractivity contribution in [1.29, 1.82) is 0 Å². The molecule has 0 unspecified atom stereocenters. The summed E-state index contributed by atoms with van der Waals surface area (Å²) in [6.45, 7) is 0.169. The van der Waals surface area contributed by atoms with Crippen molar-refractivity contribution in [2.75, 3.05) is 7.11 Å². The second kappa shape index (κ2) is 7.89. The van der Waals surface area contributed by atoms with E-state index in [1.54, 1.807) is 0 Å². The zero-order valence-electron chi connectivity index (χ0n) is 14.1. The second-order valence-corrected chi connectivity index (χ2v) is 8.10. The number of rotatable bonds is 6. The van der Waals surface area contributed by atoms with Gasteiger partial charge in [-0.1, -0.05) is 12.1 Å². The van der Waals surface area contributed by atoms with Crippen LogP contribution in [0.25, 0.3) is 0 Å². The van der Waals surface area contributed by atoms with Gasteiger partial charge in [0.2, 0.25) is 0 Å². The van der Waals surface area contributed by atoms with E-state index in [0.717, 1.165) is 9.75 Å². The molecule has 1 aliphatic rings. The lowest BCUT2D eigenvalue weighted by atomic mass is 9.77. The van der Waals surface area contributed by atoms with Crippen molar-refractivity contribution in [1.82, 2.24) is 0 Å². The van der Waals surface area contributed by atoms with Crippen LogP contribution < -0.4 is 0 Å². The number of esters is 1. The molecule has 0 radical (unpaired) electrons. The molecule has 3 atom stereocenters. The molecular formula is C18H20O6S2. The standard InChI is InChI=1S/C18H20O6S2/c1-23-17(21)18(22)9-14(19)15(20)16(24-10-12-5-3-7-26-12)13(18)8-11-4-2-6-25-11/h2-7,14-15,19-20,22H,8-10H2,1H3/t14-,15+,18-/m1/s1. The van der Waals surface area contributed by atoms with Gasteiger partial charge in [0, 0.05) is 28.2 Å². The summed E-state index contributed by atoms with van der Waals surface area (Å²) in [7, 11) is 1.17. The first kappa shape index (κ1) is 19.1. The maximum atomic E-state index is 12.3. The molecule has 8 heteroatoms. The minimum Gasteiger partial charge on any atom is -0.489 e. The fourth-order valence-electron chi connectivity index (χ4n) is 3.01. The van der Waals surface area contributed by atoms with E-state index in [0.29, 0.717) is 0 Å². The van der Waals surface area contributed by atoms with E-state index in [2.05, 4.69) is 0 Å². The van der Waals surface area contributed by atoms with Crippen LogP contribution >= 0.6 is 22.7 Å². The fourth-order valence-corrected chi connectivity index (χ4v) is 4.34. The van der Waals surface area contributed by atoms with E-state index in [1.165, 1.54) is 29.8 Å². The summed E-state index contributed by atoms with van der Waals surface area (Å²) in [6.07, 6.45) is -2.81. The Morgan fingerprint density at radius 1 is 1.23 bits per heavy atom. The molecule has 2 aromatic rings. The van der Waals surface area contributed by atoms with Crippen molar-refractivity contribution in [3.63, 3.8) is 0 Å². The molecule has 26 heavy (non-hydrogen) atoms. The molecule has 0 bridgehead atoms. The molecule has 3 N–H and O–H groups in total. The van der Waals surface area contributed by atoms with E-state index in [-0.39, 0.29) is 30.8 Å². The summed E-state index contributed by atoms with van der Waals surface area (Å²) < 4.78 is 10.5. The zero-order chi connectivity index (χ0) is 18.7. The van der Waals surface area contributed by atoms with E-state index in [1.807, 2.05) is 35.0 Å². The van der Waals surface area contributed by atoms with E-state index < -0.39 is 23.8 Å². The average Bonchev–Trinajstić information content (AvgIpc) is 3.32. The number of methoxy groups -OCH3 is 1. The Morgan fingerprint density at radius 2 is 1.88 bits per heavy atom. The molecule has 0 aromatic carbocycles. The topological polar surface area (TPSA) is 96.2 Å². The predicted octanol–water partition coefficient (Wildman–Crippen LogP) is 1.85. The first-order chi connectivity index (χ1) is 12.5. The molecule has 0 amide bonds. The molecule has 0 saturated heterocycles. The van der Waals surface area contributed by atoms with Gasteiger partial charge in [0.1, 0.15) is 18.5 Å². The Balaban J connectivity index is 2.02. The highest BCUT2D eigenvalue weighted by atomic mass is 32.1. The summed E-state index contributed by atoms with van der Waals surface area (Å²) in [4.78, 5) is 14.1. The van der Waals surface area contributed by atoms with Gasteiger partial charge in [-0.3, -0.25) is 0 Å². The number of ether oxygens (including phenoxy) is 2. The molecule has 3 rings (SSSR count). The van der Waals surface area contributed by atoms with Crippen LogP contribution in [0.4, 0.5) is 0 Å². The van der Waals surface area contributed by atoms with Crippen molar-refractivity contribution >= 4 is 28.6 Å². The van der Waals surface area contributed by atoms with E-state index >= 15 is 0 Å². The van der Waals surface area contributed by atoms with Gasteiger partial charge in [0.05, 0.1) is 13.2 Å². The average molecular weight is 396 g/mol. The van der Waals surface area contributed by atoms with Gasteiger partial charge >= 0.3 is 5.97 Å².